The van der Waals surface area contributed by atoms with Crippen molar-refractivity contribution in [2.24, 2.45) is 0 Å². The molecule has 0 bridgehead atoms. The minimum Gasteiger partial charge on any atom is -0.479 e. The summed E-state index contributed by atoms with van der Waals surface area (Å²) in [4.78, 5) is 10.7. The number of carbonyl (C=O) groups is 1. The van der Waals surface area contributed by atoms with Gasteiger partial charge in [-0.15, -0.1) is 0 Å². The van der Waals surface area contributed by atoms with Crippen molar-refractivity contribution in [3.05, 3.63) is 34.3 Å². The van der Waals surface area contributed by atoms with Crippen LogP contribution in [0.4, 0.5) is 0 Å². The highest BCUT2D eigenvalue weighted by Crippen LogP contribution is 2.37. The zero-order valence-corrected chi connectivity index (χ0v) is 10.9. The van der Waals surface area contributed by atoms with Crippen molar-refractivity contribution in [3.63, 3.8) is 0 Å². The molecule has 0 spiro atoms. The molecule has 1 saturated carbocycles. The van der Waals surface area contributed by atoms with Crippen molar-refractivity contribution in [2.45, 2.75) is 44.1 Å². The maximum Gasteiger partial charge on any atom is 0.337 e. The van der Waals surface area contributed by atoms with E-state index in [0.29, 0.717) is 16.5 Å². The van der Waals surface area contributed by atoms with E-state index in [-0.39, 0.29) is 0 Å². The van der Waals surface area contributed by atoms with Crippen molar-refractivity contribution in [1.29, 1.82) is 0 Å². The maximum atomic E-state index is 10.7. The molecule has 1 atom stereocenters. The average Bonchev–Trinajstić information content (AvgIpc) is 2.38. The van der Waals surface area contributed by atoms with Crippen molar-refractivity contribution in [3.8, 4) is 0 Å². The van der Waals surface area contributed by atoms with Gasteiger partial charge in [-0.25, -0.2) is 4.79 Å². The lowest BCUT2D eigenvalue weighted by molar-refractivity contribution is -0.146. The van der Waals surface area contributed by atoms with E-state index in [0.717, 1.165) is 18.4 Å². The van der Waals surface area contributed by atoms with Crippen molar-refractivity contribution in [2.75, 3.05) is 0 Å². The number of hydrogen-bond donors (Lipinski definition) is 2. The molecule has 0 heterocycles. The summed E-state index contributed by atoms with van der Waals surface area (Å²) < 4.78 is 0. The number of aliphatic hydroxyl groups excluding tert-OH is 1. The van der Waals surface area contributed by atoms with Gasteiger partial charge in [0.15, 0.2) is 6.10 Å². The molecule has 1 aliphatic carbocycles. The van der Waals surface area contributed by atoms with Crippen LogP contribution < -0.4 is 0 Å². The Bertz CT molecular complexity index is 439. The highest BCUT2D eigenvalue weighted by Gasteiger charge is 2.21. The monoisotopic (exact) mass is 268 g/mol. The van der Waals surface area contributed by atoms with E-state index >= 15 is 0 Å². The molecular weight excluding hydrogens is 252 g/mol. The number of hydrogen-bond acceptors (Lipinski definition) is 2. The Morgan fingerprint density at radius 2 is 1.94 bits per heavy atom. The van der Waals surface area contributed by atoms with Gasteiger partial charge in [-0.3, -0.25) is 0 Å². The third kappa shape index (κ3) is 2.85. The molecule has 98 valence electrons. The van der Waals surface area contributed by atoms with Gasteiger partial charge in [0.1, 0.15) is 0 Å². The van der Waals surface area contributed by atoms with Gasteiger partial charge in [-0.2, -0.15) is 0 Å². The second-order valence-corrected chi connectivity index (χ2v) is 5.26. The smallest absolute Gasteiger partial charge is 0.337 e. The molecule has 1 aromatic rings. The summed E-state index contributed by atoms with van der Waals surface area (Å²) in [6, 6.07) is 5.10. The van der Waals surface area contributed by atoms with Crippen LogP contribution in [0, 0.1) is 0 Å². The number of rotatable bonds is 3. The molecule has 1 fully saturated rings. The van der Waals surface area contributed by atoms with E-state index in [9.17, 15) is 9.90 Å². The highest BCUT2D eigenvalue weighted by atomic mass is 35.5. The van der Waals surface area contributed by atoms with Gasteiger partial charge in [0.05, 0.1) is 0 Å². The zero-order valence-electron chi connectivity index (χ0n) is 10.1. The molecule has 0 aliphatic heterocycles. The van der Waals surface area contributed by atoms with Gasteiger partial charge in [0.25, 0.3) is 0 Å². The van der Waals surface area contributed by atoms with Gasteiger partial charge in [-0.1, -0.05) is 43.0 Å². The van der Waals surface area contributed by atoms with Crippen LogP contribution in [0.1, 0.15) is 55.3 Å². The molecule has 0 saturated heterocycles. The quantitative estimate of drug-likeness (QED) is 0.882. The lowest BCUT2D eigenvalue weighted by Crippen LogP contribution is -2.11. The standard InChI is InChI=1S/C14H17ClO3/c15-12-8-10(13(16)14(17)18)6-7-11(12)9-4-2-1-3-5-9/h6-9,13,16H,1-5H2,(H,17,18). The van der Waals surface area contributed by atoms with Gasteiger partial charge >= 0.3 is 5.97 Å². The van der Waals surface area contributed by atoms with E-state index in [4.69, 9.17) is 16.7 Å². The number of halogens is 1. The second-order valence-electron chi connectivity index (χ2n) is 4.86. The Kier molecular flexibility index (Phi) is 4.25. The highest BCUT2D eigenvalue weighted by molar-refractivity contribution is 6.31. The summed E-state index contributed by atoms with van der Waals surface area (Å²) in [7, 11) is 0. The Morgan fingerprint density at radius 3 is 2.50 bits per heavy atom. The molecule has 1 unspecified atom stereocenters. The molecule has 0 aromatic heterocycles. The summed E-state index contributed by atoms with van der Waals surface area (Å²) in [6.45, 7) is 0. The molecule has 1 aliphatic rings. The summed E-state index contributed by atoms with van der Waals surface area (Å²) in [5, 5.41) is 18.8. The van der Waals surface area contributed by atoms with Crippen LogP contribution >= 0.6 is 11.6 Å². The van der Waals surface area contributed by atoms with Crippen LogP contribution in [0.2, 0.25) is 5.02 Å². The predicted molar refractivity (Wildman–Crippen MR) is 69.9 cm³/mol. The van der Waals surface area contributed by atoms with E-state index in [2.05, 4.69) is 0 Å². The third-order valence-corrected chi connectivity index (χ3v) is 3.95. The van der Waals surface area contributed by atoms with E-state index in [1.165, 1.54) is 19.3 Å². The first-order valence-electron chi connectivity index (χ1n) is 6.30. The van der Waals surface area contributed by atoms with Gasteiger partial charge in [0, 0.05) is 5.02 Å². The molecular formula is C14H17ClO3. The average molecular weight is 269 g/mol. The third-order valence-electron chi connectivity index (χ3n) is 3.62. The molecule has 3 nitrogen and oxygen atoms in total. The number of carboxylic acid groups (broad SMARTS) is 1. The molecule has 4 heteroatoms. The molecule has 2 N–H and O–H groups in total. The lowest BCUT2D eigenvalue weighted by atomic mass is 9.83. The molecule has 2 rings (SSSR count). The SMILES string of the molecule is O=C(O)C(O)c1ccc(C2CCCCC2)c(Cl)c1. The lowest BCUT2D eigenvalue weighted by Gasteiger charge is -2.23. The topological polar surface area (TPSA) is 57.5 Å². The first-order valence-corrected chi connectivity index (χ1v) is 6.67. The van der Waals surface area contributed by atoms with Crippen LogP contribution in [0.15, 0.2) is 18.2 Å². The van der Waals surface area contributed by atoms with Crippen LogP contribution in [-0.4, -0.2) is 16.2 Å². The summed E-state index contributed by atoms with van der Waals surface area (Å²) >= 11 is 6.21. The fraction of sp³-hybridized carbons (Fsp3) is 0.500. The normalized spacial score (nSPS) is 18.6. The van der Waals surface area contributed by atoms with Gasteiger partial charge < -0.3 is 10.2 Å². The number of benzene rings is 1. The largest absolute Gasteiger partial charge is 0.479 e. The Morgan fingerprint density at radius 1 is 1.28 bits per heavy atom. The first-order chi connectivity index (χ1) is 8.59. The summed E-state index contributed by atoms with van der Waals surface area (Å²) in [5.41, 5.74) is 1.42. The van der Waals surface area contributed by atoms with Gasteiger partial charge in [-0.05, 0) is 36.0 Å². The summed E-state index contributed by atoms with van der Waals surface area (Å²) in [6.07, 6.45) is 4.51. The van der Waals surface area contributed by atoms with Crippen molar-refractivity contribution >= 4 is 17.6 Å². The molecule has 0 radical (unpaired) electrons. The first kappa shape index (κ1) is 13.4. The fourth-order valence-corrected chi connectivity index (χ4v) is 2.94. The van der Waals surface area contributed by atoms with Crippen LogP contribution in [-0.2, 0) is 4.79 Å². The predicted octanol–water partition coefficient (Wildman–Crippen LogP) is 3.51. The number of carboxylic acids is 1. The second kappa shape index (κ2) is 5.72. The van der Waals surface area contributed by atoms with E-state index in [1.54, 1.807) is 12.1 Å². The zero-order chi connectivity index (χ0) is 13.1. The Labute approximate surface area is 111 Å². The fourth-order valence-electron chi connectivity index (χ4n) is 2.60. The van der Waals surface area contributed by atoms with Gasteiger partial charge in [0.2, 0.25) is 0 Å². The minimum absolute atomic E-state index is 0.340. The van der Waals surface area contributed by atoms with Crippen molar-refractivity contribution < 1.29 is 15.0 Å². The Hall–Kier alpha value is -1.06. The van der Waals surface area contributed by atoms with Crippen LogP contribution in [0.3, 0.4) is 0 Å². The maximum absolute atomic E-state index is 10.7. The molecule has 18 heavy (non-hydrogen) atoms. The molecule has 1 aromatic carbocycles. The minimum atomic E-state index is -1.50. The number of aliphatic carboxylic acids is 1. The summed E-state index contributed by atoms with van der Waals surface area (Å²) in [5.74, 6) is -0.779. The van der Waals surface area contributed by atoms with Crippen LogP contribution in [0.25, 0.3) is 0 Å². The van der Waals surface area contributed by atoms with E-state index in [1.807, 2.05) is 6.07 Å². The van der Waals surface area contributed by atoms with Crippen LogP contribution in [0.5, 0.6) is 0 Å². The van der Waals surface area contributed by atoms with Crippen molar-refractivity contribution in [1.82, 2.24) is 0 Å². The van der Waals surface area contributed by atoms with E-state index < -0.39 is 12.1 Å². The molecule has 0 amide bonds. The number of aliphatic hydroxyl groups is 1. The Balaban J connectivity index is 2.21.